The molecular formula is C28H32F4N6O. The molecule has 2 N–H and O–H groups in total. The number of halogens is 4. The number of fused-ring (bicyclic) bond motifs is 1. The highest BCUT2D eigenvalue weighted by atomic mass is 19.4. The lowest BCUT2D eigenvalue weighted by Gasteiger charge is -2.33. The zero-order chi connectivity index (χ0) is 28.3. The molecule has 39 heavy (non-hydrogen) atoms. The molecule has 1 fully saturated rings. The number of rotatable bonds is 8. The molecule has 11 heteroatoms. The number of carbonyl (C=O) groups is 1. The first-order chi connectivity index (χ1) is 18.4. The van der Waals surface area contributed by atoms with Gasteiger partial charge in [0.1, 0.15) is 6.17 Å². The first kappa shape index (κ1) is 28.3. The number of hydrogen-bond acceptors (Lipinski definition) is 5. The topological polar surface area (TPSA) is 75.1 Å². The van der Waals surface area contributed by atoms with Crippen molar-refractivity contribution in [3.8, 4) is 0 Å². The van der Waals surface area contributed by atoms with Crippen molar-refractivity contribution in [3.05, 3.63) is 66.3 Å². The summed E-state index contributed by atoms with van der Waals surface area (Å²) in [5, 5.41) is 10.8. The lowest BCUT2D eigenvalue weighted by Crippen LogP contribution is -2.46. The van der Waals surface area contributed by atoms with Crippen molar-refractivity contribution < 1.29 is 22.4 Å². The highest BCUT2D eigenvalue weighted by molar-refractivity contribution is 6.01. The van der Waals surface area contributed by atoms with Crippen LogP contribution in [0, 0.1) is 0 Å². The molecule has 3 aromatic rings. The maximum absolute atomic E-state index is 14.7. The van der Waals surface area contributed by atoms with Crippen LogP contribution in [0.1, 0.15) is 48.1 Å². The zero-order valence-electron chi connectivity index (χ0n) is 22.1. The molecule has 1 aromatic carbocycles. The maximum atomic E-state index is 14.7. The number of anilines is 1. The smallest absolute Gasteiger partial charge is 0.379 e. The summed E-state index contributed by atoms with van der Waals surface area (Å²) >= 11 is 0. The second kappa shape index (κ2) is 11.6. The monoisotopic (exact) mass is 544 g/mol. The normalized spacial score (nSPS) is 18.7. The third kappa shape index (κ3) is 6.65. The summed E-state index contributed by atoms with van der Waals surface area (Å²) in [6.07, 6.45) is 1.01. The van der Waals surface area contributed by atoms with E-state index in [0.717, 1.165) is 0 Å². The molecule has 1 saturated heterocycles. The van der Waals surface area contributed by atoms with Crippen LogP contribution in [0.25, 0.3) is 22.4 Å². The van der Waals surface area contributed by atoms with Crippen LogP contribution in [0.5, 0.6) is 0 Å². The quantitative estimate of drug-likeness (QED) is 0.367. The molecule has 3 heterocycles. The van der Waals surface area contributed by atoms with Gasteiger partial charge in [0.15, 0.2) is 0 Å². The first-order valence-corrected chi connectivity index (χ1v) is 12.7. The Morgan fingerprint density at radius 2 is 2.05 bits per heavy atom. The minimum absolute atomic E-state index is 0.112. The third-order valence-corrected chi connectivity index (χ3v) is 6.67. The van der Waals surface area contributed by atoms with Crippen LogP contribution < -0.4 is 10.6 Å². The van der Waals surface area contributed by atoms with Gasteiger partial charge in [0, 0.05) is 48.3 Å². The van der Waals surface area contributed by atoms with Crippen LogP contribution in [0.15, 0.2) is 49.3 Å². The molecule has 1 aliphatic heterocycles. The lowest BCUT2D eigenvalue weighted by molar-refractivity contribution is -0.0688. The summed E-state index contributed by atoms with van der Waals surface area (Å²) in [4.78, 5) is 18.5. The Labute approximate surface area is 224 Å². The molecule has 208 valence electrons. The van der Waals surface area contributed by atoms with Gasteiger partial charge in [-0.2, -0.15) is 18.3 Å². The van der Waals surface area contributed by atoms with E-state index in [1.807, 2.05) is 25.8 Å². The summed E-state index contributed by atoms with van der Waals surface area (Å²) < 4.78 is 57.4. The van der Waals surface area contributed by atoms with Gasteiger partial charge in [0.05, 0.1) is 34.8 Å². The molecule has 1 amide bonds. The van der Waals surface area contributed by atoms with E-state index in [1.165, 1.54) is 12.3 Å². The second-order valence-corrected chi connectivity index (χ2v) is 10.0. The number of carbonyl (C=O) groups excluding carboxylic acids is 1. The molecule has 0 aliphatic carbocycles. The van der Waals surface area contributed by atoms with Gasteiger partial charge in [-0.15, -0.1) is 0 Å². The number of pyridine rings is 1. The fraction of sp³-hybridized carbons (Fsp3) is 0.393. The van der Waals surface area contributed by atoms with Crippen molar-refractivity contribution >= 4 is 34.0 Å². The van der Waals surface area contributed by atoms with Crippen molar-refractivity contribution in [1.29, 1.82) is 0 Å². The number of alkyl halides is 4. The van der Waals surface area contributed by atoms with E-state index in [4.69, 9.17) is 0 Å². The lowest BCUT2D eigenvalue weighted by atomic mass is 9.99. The second-order valence-electron chi connectivity index (χ2n) is 10.0. The van der Waals surface area contributed by atoms with E-state index < -0.39 is 24.0 Å². The predicted molar refractivity (Wildman–Crippen MR) is 145 cm³/mol. The number of amides is 1. The minimum atomic E-state index is -4.68. The van der Waals surface area contributed by atoms with Gasteiger partial charge in [0.25, 0.3) is 5.91 Å². The SMILES string of the molecule is C=C(c1nc(/C=C/CNC(=O)c2cnn(C(C)C)c2)cc2c(N[C@@H]3CCN(C)C[C@@H]3F)cccc12)C(F)(F)F. The highest BCUT2D eigenvalue weighted by Crippen LogP contribution is 2.37. The van der Waals surface area contributed by atoms with Crippen LogP contribution in [-0.2, 0) is 0 Å². The maximum Gasteiger partial charge on any atom is 0.417 e. The molecule has 0 radical (unpaired) electrons. The van der Waals surface area contributed by atoms with E-state index in [1.54, 1.807) is 41.2 Å². The third-order valence-electron chi connectivity index (χ3n) is 6.67. The summed E-state index contributed by atoms with van der Waals surface area (Å²) in [6, 6.07) is 6.18. The van der Waals surface area contributed by atoms with Gasteiger partial charge in [0.2, 0.25) is 0 Å². The van der Waals surface area contributed by atoms with Gasteiger partial charge in [-0.05, 0) is 45.5 Å². The largest absolute Gasteiger partial charge is 0.417 e. The summed E-state index contributed by atoms with van der Waals surface area (Å²) in [6.45, 7) is 8.26. The number of likely N-dealkylation sites (tertiary alicyclic amines) is 1. The molecule has 0 spiro atoms. The van der Waals surface area contributed by atoms with Gasteiger partial charge >= 0.3 is 6.18 Å². The van der Waals surface area contributed by atoms with Gasteiger partial charge < -0.3 is 15.5 Å². The average Bonchev–Trinajstić information content (AvgIpc) is 3.38. The molecule has 0 unspecified atom stereocenters. The first-order valence-electron chi connectivity index (χ1n) is 12.7. The molecule has 2 aromatic heterocycles. The standard InChI is InChI=1S/C28H32F4N6O/c1-17(2)38-15-19(14-34-38)27(39)33-11-6-7-20-13-22-21(26(35-20)18(3)28(30,31)32)8-5-9-24(22)36-25-10-12-37(4)16-23(25)29/h5-9,13-15,17,23,25,36H,3,10-12,16H2,1-2,4H3,(H,33,39)/b7-6+/t23-,25+/m0/s1. The number of benzene rings is 1. The van der Waals surface area contributed by atoms with Crippen LogP contribution in [0.2, 0.25) is 0 Å². The van der Waals surface area contributed by atoms with Crippen LogP contribution in [0.3, 0.4) is 0 Å². The predicted octanol–water partition coefficient (Wildman–Crippen LogP) is 5.49. The Hall–Kier alpha value is -3.73. The van der Waals surface area contributed by atoms with Crippen molar-refractivity contribution in [3.63, 3.8) is 0 Å². The number of nitrogens with one attached hydrogen (secondary N) is 2. The van der Waals surface area contributed by atoms with E-state index in [0.29, 0.717) is 29.6 Å². The van der Waals surface area contributed by atoms with E-state index in [-0.39, 0.29) is 41.8 Å². The number of piperidine rings is 1. The van der Waals surface area contributed by atoms with Crippen molar-refractivity contribution in [2.75, 3.05) is 32.0 Å². The van der Waals surface area contributed by atoms with Crippen molar-refractivity contribution in [1.82, 2.24) is 25.0 Å². The van der Waals surface area contributed by atoms with Crippen LogP contribution >= 0.6 is 0 Å². The van der Waals surface area contributed by atoms with Crippen molar-refractivity contribution in [2.24, 2.45) is 0 Å². The van der Waals surface area contributed by atoms with Gasteiger partial charge in [-0.3, -0.25) is 9.48 Å². The number of allylic oxidation sites excluding steroid dienone is 1. The molecule has 4 rings (SSSR count). The zero-order valence-corrected chi connectivity index (χ0v) is 22.1. The Morgan fingerprint density at radius 1 is 1.28 bits per heavy atom. The summed E-state index contributed by atoms with van der Waals surface area (Å²) in [5.41, 5.74) is -0.195. The fourth-order valence-corrected chi connectivity index (χ4v) is 4.46. The Morgan fingerprint density at radius 3 is 2.72 bits per heavy atom. The summed E-state index contributed by atoms with van der Waals surface area (Å²) in [7, 11) is 1.85. The van der Waals surface area contributed by atoms with Crippen molar-refractivity contribution in [2.45, 2.75) is 44.7 Å². The number of aromatic nitrogens is 3. The molecule has 2 atom stereocenters. The van der Waals surface area contributed by atoms with Crippen LogP contribution in [0.4, 0.5) is 23.2 Å². The molecule has 7 nitrogen and oxygen atoms in total. The minimum Gasteiger partial charge on any atom is -0.379 e. The fourth-order valence-electron chi connectivity index (χ4n) is 4.46. The van der Waals surface area contributed by atoms with Gasteiger partial charge in [-0.25, -0.2) is 9.37 Å². The Kier molecular flexibility index (Phi) is 8.39. The van der Waals surface area contributed by atoms with Gasteiger partial charge in [-0.1, -0.05) is 24.8 Å². The Bertz CT molecular complexity index is 1380. The number of nitrogens with zero attached hydrogens (tertiary/aromatic N) is 4. The summed E-state index contributed by atoms with van der Waals surface area (Å²) in [5.74, 6) is -0.324. The van der Waals surface area contributed by atoms with E-state index in [9.17, 15) is 22.4 Å². The Balaban J connectivity index is 1.60. The molecule has 1 aliphatic rings. The molecule has 0 bridgehead atoms. The van der Waals surface area contributed by atoms with Crippen LogP contribution in [-0.4, -0.2) is 70.6 Å². The molecule has 0 saturated carbocycles. The average molecular weight is 545 g/mol. The van der Waals surface area contributed by atoms with E-state index >= 15 is 0 Å². The van der Waals surface area contributed by atoms with E-state index in [2.05, 4.69) is 27.3 Å². The molecular weight excluding hydrogens is 512 g/mol. The highest BCUT2D eigenvalue weighted by Gasteiger charge is 2.35. The number of hydrogen-bond donors (Lipinski definition) is 2.